The molecule has 1 fully saturated rings. The maximum Gasteiger partial charge on any atom is 0.254 e. The average Bonchev–Trinajstić information content (AvgIpc) is 2.80. The summed E-state index contributed by atoms with van der Waals surface area (Å²) in [7, 11) is 0. The average molecular weight is 381 g/mol. The van der Waals surface area contributed by atoms with Gasteiger partial charge < -0.3 is 10.6 Å². The zero-order valence-electron chi connectivity index (χ0n) is 10.4. The number of rotatable bonds is 2. The molecule has 1 aliphatic heterocycles. The van der Waals surface area contributed by atoms with Gasteiger partial charge in [0.2, 0.25) is 0 Å². The summed E-state index contributed by atoms with van der Waals surface area (Å²) in [6, 6.07) is 6.00. The van der Waals surface area contributed by atoms with E-state index in [2.05, 4.69) is 22.6 Å². The van der Waals surface area contributed by atoms with Crippen molar-refractivity contribution in [2.24, 2.45) is 11.7 Å². The first-order chi connectivity index (χ1) is 8.11. The summed E-state index contributed by atoms with van der Waals surface area (Å²) in [6.07, 6.45) is 1.03. The molecular formula is C13H18ClIN2O. The molecule has 3 nitrogen and oxygen atoms in total. The number of hydrogen-bond donors (Lipinski definition) is 1. The highest BCUT2D eigenvalue weighted by Crippen LogP contribution is 2.21. The van der Waals surface area contributed by atoms with Crippen molar-refractivity contribution in [2.75, 3.05) is 19.6 Å². The van der Waals surface area contributed by atoms with Crippen LogP contribution in [0.15, 0.2) is 18.2 Å². The Morgan fingerprint density at radius 1 is 1.56 bits per heavy atom. The van der Waals surface area contributed by atoms with Crippen molar-refractivity contribution < 1.29 is 4.79 Å². The Morgan fingerprint density at radius 3 is 2.89 bits per heavy atom. The highest BCUT2D eigenvalue weighted by atomic mass is 127. The monoisotopic (exact) mass is 380 g/mol. The van der Waals surface area contributed by atoms with E-state index in [-0.39, 0.29) is 18.3 Å². The van der Waals surface area contributed by atoms with Crippen LogP contribution in [0.3, 0.4) is 0 Å². The number of halogens is 2. The standard InChI is InChI=1S/C13H17IN2O.ClH/c1-9-2-3-12(14)11(6-9)13(17)16-5-4-10(7-15)8-16;/h2-3,6,10H,4-5,7-8,15H2,1H3;1H. The summed E-state index contributed by atoms with van der Waals surface area (Å²) >= 11 is 2.22. The fourth-order valence-electron chi connectivity index (χ4n) is 2.18. The SMILES string of the molecule is Cc1ccc(I)c(C(=O)N2CCC(CN)C2)c1.Cl. The fraction of sp³-hybridized carbons (Fsp3) is 0.462. The minimum absolute atomic E-state index is 0. The summed E-state index contributed by atoms with van der Waals surface area (Å²) in [5, 5.41) is 0. The number of aryl methyl sites for hydroxylation is 1. The Hall–Kier alpha value is -0.330. The topological polar surface area (TPSA) is 46.3 Å². The first-order valence-corrected chi connectivity index (χ1v) is 6.95. The first kappa shape index (κ1) is 15.7. The van der Waals surface area contributed by atoms with Crippen LogP contribution in [0.4, 0.5) is 0 Å². The molecule has 1 aromatic carbocycles. The molecule has 0 aliphatic carbocycles. The number of likely N-dealkylation sites (tertiary alicyclic amines) is 1. The van der Waals surface area contributed by atoms with Gasteiger partial charge in [-0.25, -0.2) is 0 Å². The third-order valence-corrected chi connectivity index (χ3v) is 4.20. The highest BCUT2D eigenvalue weighted by Gasteiger charge is 2.26. The number of carbonyl (C=O) groups excluding carboxylic acids is 1. The predicted octanol–water partition coefficient (Wildman–Crippen LogP) is 2.44. The summed E-state index contributed by atoms with van der Waals surface area (Å²) in [5.41, 5.74) is 7.60. The van der Waals surface area contributed by atoms with Gasteiger partial charge in [0.1, 0.15) is 0 Å². The quantitative estimate of drug-likeness (QED) is 0.801. The molecule has 18 heavy (non-hydrogen) atoms. The molecule has 1 saturated heterocycles. The summed E-state index contributed by atoms with van der Waals surface area (Å²) in [4.78, 5) is 14.3. The molecule has 100 valence electrons. The van der Waals surface area contributed by atoms with E-state index in [0.717, 1.165) is 34.2 Å². The molecule has 1 aliphatic rings. The van der Waals surface area contributed by atoms with Crippen LogP contribution in [0.2, 0.25) is 0 Å². The predicted molar refractivity (Wildman–Crippen MR) is 84.2 cm³/mol. The summed E-state index contributed by atoms with van der Waals surface area (Å²) < 4.78 is 1.02. The molecule has 0 bridgehead atoms. The van der Waals surface area contributed by atoms with Crippen molar-refractivity contribution in [1.82, 2.24) is 4.90 Å². The molecule has 1 heterocycles. The van der Waals surface area contributed by atoms with E-state index >= 15 is 0 Å². The lowest BCUT2D eigenvalue weighted by Gasteiger charge is -2.17. The molecule has 0 aromatic heterocycles. The van der Waals surface area contributed by atoms with Crippen LogP contribution in [-0.2, 0) is 0 Å². The number of nitrogens with zero attached hydrogens (tertiary/aromatic N) is 1. The first-order valence-electron chi connectivity index (χ1n) is 5.87. The van der Waals surface area contributed by atoms with Crippen molar-refractivity contribution in [2.45, 2.75) is 13.3 Å². The third-order valence-electron chi connectivity index (χ3n) is 3.26. The maximum atomic E-state index is 12.4. The van der Waals surface area contributed by atoms with Gasteiger partial charge in [0.25, 0.3) is 5.91 Å². The number of carbonyl (C=O) groups is 1. The van der Waals surface area contributed by atoms with Crippen LogP contribution in [0.5, 0.6) is 0 Å². The minimum atomic E-state index is 0. The third kappa shape index (κ3) is 3.36. The lowest BCUT2D eigenvalue weighted by atomic mass is 10.1. The van der Waals surface area contributed by atoms with Crippen molar-refractivity contribution >= 4 is 40.9 Å². The molecule has 5 heteroatoms. The van der Waals surface area contributed by atoms with Crippen LogP contribution in [0.1, 0.15) is 22.3 Å². The second kappa shape index (κ2) is 6.73. The molecule has 1 atom stereocenters. The Balaban J connectivity index is 0.00000162. The molecule has 0 spiro atoms. The highest BCUT2D eigenvalue weighted by molar-refractivity contribution is 14.1. The van der Waals surface area contributed by atoms with Gasteiger partial charge in [-0.3, -0.25) is 4.79 Å². The Labute approximate surface area is 128 Å². The van der Waals surface area contributed by atoms with E-state index in [1.165, 1.54) is 0 Å². The van der Waals surface area contributed by atoms with Crippen LogP contribution >= 0.6 is 35.0 Å². The smallest absolute Gasteiger partial charge is 0.254 e. The van der Waals surface area contributed by atoms with Crippen molar-refractivity contribution in [3.05, 3.63) is 32.9 Å². The second-order valence-electron chi connectivity index (χ2n) is 4.62. The molecule has 1 amide bonds. The number of hydrogen-bond acceptors (Lipinski definition) is 2. The Morgan fingerprint density at radius 2 is 2.28 bits per heavy atom. The van der Waals surface area contributed by atoms with E-state index in [9.17, 15) is 4.79 Å². The normalized spacial score (nSPS) is 18.6. The van der Waals surface area contributed by atoms with Gasteiger partial charge in [-0.15, -0.1) is 12.4 Å². The van der Waals surface area contributed by atoms with E-state index in [1.54, 1.807) is 0 Å². The second-order valence-corrected chi connectivity index (χ2v) is 5.79. The summed E-state index contributed by atoms with van der Waals surface area (Å²) in [5.74, 6) is 0.621. The number of benzene rings is 1. The van der Waals surface area contributed by atoms with Gasteiger partial charge in [-0.1, -0.05) is 11.6 Å². The van der Waals surface area contributed by atoms with Crippen LogP contribution in [0.25, 0.3) is 0 Å². The zero-order chi connectivity index (χ0) is 12.4. The zero-order valence-corrected chi connectivity index (χ0v) is 13.3. The molecule has 1 aromatic rings. The number of amides is 1. The number of nitrogens with two attached hydrogens (primary N) is 1. The largest absolute Gasteiger partial charge is 0.338 e. The lowest BCUT2D eigenvalue weighted by Crippen LogP contribution is -2.30. The van der Waals surface area contributed by atoms with Crippen molar-refractivity contribution in [1.29, 1.82) is 0 Å². The Bertz CT molecular complexity index is 439. The van der Waals surface area contributed by atoms with Crippen LogP contribution < -0.4 is 5.73 Å². The van der Waals surface area contributed by atoms with Gasteiger partial charge in [0, 0.05) is 16.7 Å². The van der Waals surface area contributed by atoms with E-state index < -0.39 is 0 Å². The van der Waals surface area contributed by atoms with Gasteiger partial charge in [-0.2, -0.15) is 0 Å². The van der Waals surface area contributed by atoms with Crippen LogP contribution in [-0.4, -0.2) is 30.4 Å². The lowest BCUT2D eigenvalue weighted by molar-refractivity contribution is 0.0786. The van der Waals surface area contributed by atoms with Gasteiger partial charge in [-0.05, 0) is 60.5 Å². The van der Waals surface area contributed by atoms with E-state index in [0.29, 0.717) is 12.5 Å². The molecule has 0 saturated carbocycles. The van der Waals surface area contributed by atoms with Crippen molar-refractivity contribution in [3.8, 4) is 0 Å². The molecule has 0 radical (unpaired) electrons. The summed E-state index contributed by atoms with van der Waals surface area (Å²) in [6.45, 7) is 4.33. The van der Waals surface area contributed by atoms with Crippen LogP contribution in [0, 0.1) is 16.4 Å². The van der Waals surface area contributed by atoms with Gasteiger partial charge in [0.15, 0.2) is 0 Å². The Kier molecular flexibility index (Phi) is 5.88. The van der Waals surface area contributed by atoms with Gasteiger partial charge in [0.05, 0.1) is 5.56 Å². The molecule has 1 unspecified atom stereocenters. The maximum absolute atomic E-state index is 12.4. The fourth-order valence-corrected chi connectivity index (χ4v) is 2.75. The molecular weight excluding hydrogens is 363 g/mol. The molecule has 2 rings (SSSR count). The van der Waals surface area contributed by atoms with Crippen molar-refractivity contribution in [3.63, 3.8) is 0 Å². The van der Waals surface area contributed by atoms with Gasteiger partial charge >= 0.3 is 0 Å². The molecule has 2 N–H and O–H groups in total. The van der Waals surface area contributed by atoms with E-state index in [4.69, 9.17) is 5.73 Å². The minimum Gasteiger partial charge on any atom is -0.338 e. The van der Waals surface area contributed by atoms with E-state index in [1.807, 2.05) is 30.0 Å².